The maximum atomic E-state index is 12.4. The summed E-state index contributed by atoms with van der Waals surface area (Å²) in [5, 5.41) is 3.05. The zero-order valence-electron chi connectivity index (χ0n) is 17.0. The van der Waals surface area contributed by atoms with Gasteiger partial charge in [-0.05, 0) is 50.0 Å². The molecule has 3 amide bonds. The summed E-state index contributed by atoms with van der Waals surface area (Å²) in [6.45, 7) is 2.92. The van der Waals surface area contributed by atoms with E-state index in [-0.39, 0.29) is 36.7 Å². The Hall–Kier alpha value is -2.99. The Bertz CT molecular complexity index is 887. The van der Waals surface area contributed by atoms with E-state index in [1.807, 2.05) is 18.2 Å². The van der Waals surface area contributed by atoms with Gasteiger partial charge in [0, 0.05) is 19.5 Å². The lowest BCUT2D eigenvalue weighted by molar-refractivity contribution is -0.121. The van der Waals surface area contributed by atoms with Crippen molar-refractivity contribution in [2.75, 3.05) is 26.2 Å². The van der Waals surface area contributed by atoms with Crippen LogP contribution in [0.3, 0.4) is 0 Å². The van der Waals surface area contributed by atoms with Gasteiger partial charge in [0.15, 0.2) is 0 Å². The van der Waals surface area contributed by atoms with Gasteiger partial charge in [-0.15, -0.1) is 0 Å². The second kappa shape index (κ2) is 9.22. The summed E-state index contributed by atoms with van der Waals surface area (Å²) in [5.41, 5.74) is 2.11. The topological polar surface area (TPSA) is 69.7 Å². The van der Waals surface area contributed by atoms with E-state index >= 15 is 0 Å². The summed E-state index contributed by atoms with van der Waals surface area (Å²) in [6.07, 6.45) is 3.13. The maximum Gasteiger partial charge on any atom is 0.261 e. The number of benzene rings is 2. The van der Waals surface area contributed by atoms with E-state index < -0.39 is 0 Å². The highest BCUT2D eigenvalue weighted by molar-refractivity contribution is 6.21. The fraction of sp³-hybridized carbons (Fsp3) is 0.375. The monoisotopic (exact) mass is 405 g/mol. The van der Waals surface area contributed by atoms with E-state index in [0.29, 0.717) is 24.1 Å². The average Bonchev–Trinajstić information content (AvgIpc) is 3.38. The molecule has 2 aromatic carbocycles. The number of imide groups is 1. The summed E-state index contributed by atoms with van der Waals surface area (Å²) in [7, 11) is 0. The van der Waals surface area contributed by atoms with Gasteiger partial charge in [0.05, 0.1) is 17.2 Å². The second-order valence-electron chi connectivity index (χ2n) is 7.88. The maximum absolute atomic E-state index is 12.4. The Kier molecular flexibility index (Phi) is 6.23. The third-order valence-electron chi connectivity index (χ3n) is 5.92. The lowest BCUT2D eigenvalue weighted by Gasteiger charge is -2.28. The summed E-state index contributed by atoms with van der Waals surface area (Å²) in [6, 6.07) is 17.3. The molecule has 156 valence electrons. The molecule has 2 aromatic rings. The second-order valence-corrected chi connectivity index (χ2v) is 7.88. The van der Waals surface area contributed by atoms with E-state index in [1.54, 1.807) is 24.3 Å². The molecule has 1 fully saturated rings. The first kappa shape index (κ1) is 20.3. The van der Waals surface area contributed by atoms with Crippen LogP contribution >= 0.6 is 0 Å². The molecular weight excluding hydrogens is 378 g/mol. The molecule has 0 saturated carbocycles. The quantitative estimate of drug-likeness (QED) is 0.686. The van der Waals surface area contributed by atoms with Gasteiger partial charge < -0.3 is 5.32 Å². The lowest BCUT2D eigenvalue weighted by atomic mass is 10.1. The SMILES string of the molecule is O=C(CCCN1C(=O)c2ccccc2C1=O)NC[C@H](c1ccccc1)N1CCCC1. The zero-order valence-corrected chi connectivity index (χ0v) is 17.0. The van der Waals surface area contributed by atoms with E-state index in [1.165, 1.54) is 23.3 Å². The van der Waals surface area contributed by atoms with Gasteiger partial charge in [-0.1, -0.05) is 42.5 Å². The molecule has 1 atom stereocenters. The molecular formula is C24H27N3O3. The van der Waals surface area contributed by atoms with Crippen molar-refractivity contribution in [3.05, 3.63) is 71.3 Å². The molecule has 2 aliphatic heterocycles. The summed E-state index contributed by atoms with van der Waals surface area (Å²) >= 11 is 0. The molecule has 0 aromatic heterocycles. The van der Waals surface area contributed by atoms with Crippen molar-refractivity contribution in [2.45, 2.75) is 31.7 Å². The number of nitrogens with one attached hydrogen (secondary N) is 1. The fourth-order valence-corrected chi connectivity index (χ4v) is 4.33. The highest BCUT2D eigenvalue weighted by atomic mass is 16.2. The Labute approximate surface area is 176 Å². The first-order valence-corrected chi connectivity index (χ1v) is 10.7. The van der Waals surface area contributed by atoms with Crippen LogP contribution in [-0.4, -0.2) is 53.7 Å². The van der Waals surface area contributed by atoms with Crippen LogP contribution in [0.25, 0.3) is 0 Å². The van der Waals surface area contributed by atoms with Crippen molar-refractivity contribution in [1.82, 2.24) is 15.1 Å². The molecule has 30 heavy (non-hydrogen) atoms. The number of amides is 3. The van der Waals surface area contributed by atoms with Gasteiger partial charge in [0.25, 0.3) is 11.8 Å². The van der Waals surface area contributed by atoms with Crippen LogP contribution in [-0.2, 0) is 4.79 Å². The van der Waals surface area contributed by atoms with Crippen molar-refractivity contribution >= 4 is 17.7 Å². The minimum Gasteiger partial charge on any atom is -0.354 e. The van der Waals surface area contributed by atoms with Crippen molar-refractivity contribution in [3.8, 4) is 0 Å². The van der Waals surface area contributed by atoms with E-state index in [4.69, 9.17) is 0 Å². The van der Waals surface area contributed by atoms with Crippen molar-refractivity contribution in [3.63, 3.8) is 0 Å². The van der Waals surface area contributed by atoms with Crippen LogP contribution in [0.5, 0.6) is 0 Å². The molecule has 2 heterocycles. The number of nitrogens with zero attached hydrogens (tertiary/aromatic N) is 2. The number of carbonyl (C=O) groups is 3. The fourth-order valence-electron chi connectivity index (χ4n) is 4.33. The Balaban J connectivity index is 1.28. The van der Waals surface area contributed by atoms with Crippen LogP contribution in [0.1, 0.15) is 58.0 Å². The van der Waals surface area contributed by atoms with Crippen LogP contribution in [0.4, 0.5) is 0 Å². The Morgan fingerprint density at radius 3 is 2.13 bits per heavy atom. The number of likely N-dealkylation sites (tertiary alicyclic amines) is 1. The van der Waals surface area contributed by atoms with Gasteiger partial charge in [-0.25, -0.2) is 0 Å². The molecule has 0 spiro atoms. The molecule has 0 unspecified atom stereocenters. The summed E-state index contributed by atoms with van der Waals surface area (Å²) < 4.78 is 0. The first-order chi connectivity index (χ1) is 14.6. The van der Waals surface area contributed by atoms with Gasteiger partial charge in [-0.3, -0.25) is 24.2 Å². The molecule has 2 aliphatic rings. The van der Waals surface area contributed by atoms with Gasteiger partial charge >= 0.3 is 0 Å². The van der Waals surface area contributed by atoms with E-state index in [9.17, 15) is 14.4 Å². The summed E-state index contributed by atoms with van der Waals surface area (Å²) in [5.74, 6) is -0.588. The average molecular weight is 405 g/mol. The number of hydrogen-bond donors (Lipinski definition) is 1. The molecule has 0 aliphatic carbocycles. The molecule has 1 saturated heterocycles. The van der Waals surface area contributed by atoms with Crippen molar-refractivity contribution in [2.24, 2.45) is 0 Å². The largest absolute Gasteiger partial charge is 0.354 e. The molecule has 1 N–H and O–H groups in total. The highest BCUT2D eigenvalue weighted by Gasteiger charge is 2.34. The minimum absolute atomic E-state index is 0.0493. The highest BCUT2D eigenvalue weighted by Crippen LogP contribution is 2.25. The molecule has 4 rings (SSSR count). The van der Waals surface area contributed by atoms with Crippen molar-refractivity contribution < 1.29 is 14.4 Å². The van der Waals surface area contributed by atoms with Crippen LogP contribution < -0.4 is 5.32 Å². The van der Waals surface area contributed by atoms with Crippen LogP contribution in [0.2, 0.25) is 0 Å². The van der Waals surface area contributed by atoms with Gasteiger partial charge in [0.1, 0.15) is 0 Å². The number of hydrogen-bond acceptors (Lipinski definition) is 4. The number of fused-ring (bicyclic) bond motifs is 1. The predicted octanol–water partition coefficient (Wildman–Crippen LogP) is 3.02. The molecule has 6 nitrogen and oxygen atoms in total. The number of carbonyl (C=O) groups excluding carboxylic acids is 3. The summed E-state index contributed by atoms with van der Waals surface area (Å²) in [4.78, 5) is 40.9. The smallest absolute Gasteiger partial charge is 0.261 e. The molecule has 6 heteroatoms. The minimum atomic E-state index is -0.269. The standard InChI is InChI=1S/C24H27N3O3/c28-22(13-8-16-27-23(29)19-11-4-5-12-20(19)24(27)30)25-17-21(26-14-6-7-15-26)18-9-2-1-3-10-18/h1-5,9-12,21H,6-8,13-17H2,(H,25,28)/t21-/m1/s1. The van der Waals surface area contributed by atoms with Gasteiger partial charge in [0.2, 0.25) is 5.91 Å². The third-order valence-corrected chi connectivity index (χ3v) is 5.92. The Morgan fingerprint density at radius 1 is 0.900 bits per heavy atom. The third kappa shape index (κ3) is 4.28. The van der Waals surface area contributed by atoms with Gasteiger partial charge in [-0.2, -0.15) is 0 Å². The van der Waals surface area contributed by atoms with Crippen LogP contribution in [0.15, 0.2) is 54.6 Å². The normalized spacial score (nSPS) is 17.3. The van der Waals surface area contributed by atoms with Crippen molar-refractivity contribution in [1.29, 1.82) is 0 Å². The molecule has 0 bridgehead atoms. The van der Waals surface area contributed by atoms with E-state index in [2.05, 4.69) is 22.3 Å². The lowest BCUT2D eigenvalue weighted by Crippen LogP contribution is -2.37. The van der Waals surface area contributed by atoms with E-state index in [0.717, 1.165) is 13.1 Å². The predicted molar refractivity (Wildman–Crippen MR) is 114 cm³/mol. The zero-order chi connectivity index (χ0) is 20.9. The Morgan fingerprint density at radius 2 is 1.50 bits per heavy atom. The van der Waals surface area contributed by atoms with Crippen LogP contribution in [0, 0.1) is 0 Å². The number of rotatable bonds is 8. The first-order valence-electron chi connectivity index (χ1n) is 10.7. The molecule has 0 radical (unpaired) electrons.